The van der Waals surface area contributed by atoms with Gasteiger partial charge in [0.05, 0.1) is 18.3 Å². The monoisotopic (exact) mass is 304 g/mol. The van der Waals surface area contributed by atoms with Crippen molar-refractivity contribution in [3.8, 4) is 5.75 Å². The van der Waals surface area contributed by atoms with Crippen molar-refractivity contribution in [3.63, 3.8) is 0 Å². The maximum absolute atomic E-state index is 12.3. The minimum Gasteiger partial charge on any atom is -0.489 e. The Morgan fingerprint density at radius 1 is 1.27 bits per heavy atom. The van der Waals surface area contributed by atoms with E-state index in [1.165, 1.54) is 32.1 Å². The number of benzene rings is 1. The van der Waals surface area contributed by atoms with Crippen LogP contribution in [0.1, 0.15) is 46.0 Å². The van der Waals surface area contributed by atoms with E-state index in [0.29, 0.717) is 12.6 Å². The Morgan fingerprint density at radius 3 is 2.64 bits per heavy atom. The Balaban J connectivity index is 1.91. The Labute approximate surface area is 133 Å². The van der Waals surface area contributed by atoms with Crippen LogP contribution in [0.25, 0.3) is 0 Å². The lowest BCUT2D eigenvalue weighted by Crippen LogP contribution is -2.39. The van der Waals surface area contributed by atoms with Gasteiger partial charge in [0.2, 0.25) is 5.91 Å². The van der Waals surface area contributed by atoms with E-state index in [1.54, 1.807) is 0 Å². The van der Waals surface area contributed by atoms with Gasteiger partial charge in [0.15, 0.2) is 0 Å². The van der Waals surface area contributed by atoms with E-state index in [-0.39, 0.29) is 12.0 Å². The van der Waals surface area contributed by atoms with Gasteiger partial charge in [0.1, 0.15) is 5.75 Å². The highest BCUT2D eigenvalue weighted by Crippen LogP contribution is 2.25. The van der Waals surface area contributed by atoms with Crippen LogP contribution in [0.3, 0.4) is 0 Å². The van der Waals surface area contributed by atoms with Crippen molar-refractivity contribution in [3.05, 3.63) is 24.3 Å². The maximum Gasteiger partial charge on any atom is 0.238 e. The van der Waals surface area contributed by atoms with E-state index in [4.69, 9.17) is 4.74 Å². The molecule has 1 aromatic carbocycles. The number of nitrogens with zero attached hydrogens (tertiary/aromatic N) is 1. The van der Waals surface area contributed by atoms with Crippen LogP contribution < -0.4 is 10.1 Å². The first-order chi connectivity index (χ1) is 10.6. The number of carbonyl (C=O) groups excluding carboxylic acids is 1. The summed E-state index contributed by atoms with van der Waals surface area (Å²) in [5.41, 5.74) is 0.748. The van der Waals surface area contributed by atoms with E-state index in [9.17, 15) is 4.79 Å². The second-order valence-electron chi connectivity index (χ2n) is 6.42. The van der Waals surface area contributed by atoms with Gasteiger partial charge >= 0.3 is 0 Å². The van der Waals surface area contributed by atoms with Crippen LogP contribution in [0.4, 0.5) is 5.69 Å². The number of hydrogen-bond donors (Lipinski definition) is 1. The zero-order chi connectivity index (χ0) is 15.9. The molecular weight excluding hydrogens is 276 g/mol. The van der Waals surface area contributed by atoms with Crippen LogP contribution in [0.2, 0.25) is 0 Å². The smallest absolute Gasteiger partial charge is 0.238 e. The van der Waals surface area contributed by atoms with Crippen molar-refractivity contribution >= 4 is 11.6 Å². The molecular formula is C18H28N2O2. The summed E-state index contributed by atoms with van der Waals surface area (Å²) in [4.78, 5) is 14.5. The number of rotatable bonds is 6. The lowest BCUT2D eigenvalue weighted by molar-refractivity contribution is -0.117. The zero-order valence-corrected chi connectivity index (χ0v) is 14.0. The van der Waals surface area contributed by atoms with Crippen molar-refractivity contribution in [2.24, 2.45) is 0 Å². The average Bonchev–Trinajstić information content (AvgIpc) is 2.49. The van der Waals surface area contributed by atoms with Gasteiger partial charge in [-0.05, 0) is 45.9 Å². The molecule has 0 unspecified atom stereocenters. The topological polar surface area (TPSA) is 41.6 Å². The van der Waals surface area contributed by atoms with E-state index in [1.807, 2.05) is 45.2 Å². The van der Waals surface area contributed by atoms with Gasteiger partial charge in [0.25, 0.3) is 0 Å². The van der Waals surface area contributed by atoms with Crippen molar-refractivity contribution in [1.29, 1.82) is 0 Å². The van der Waals surface area contributed by atoms with Gasteiger partial charge in [-0.1, -0.05) is 31.4 Å². The average molecular weight is 304 g/mol. The van der Waals surface area contributed by atoms with Gasteiger partial charge in [-0.3, -0.25) is 9.69 Å². The van der Waals surface area contributed by atoms with Crippen LogP contribution in [0.5, 0.6) is 5.75 Å². The van der Waals surface area contributed by atoms with E-state index in [2.05, 4.69) is 10.2 Å². The highest BCUT2D eigenvalue weighted by Gasteiger charge is 2.20. The Bertz CT molecular complexity index is 482. The number of likely N-dealkylation sites (N-methyl/N-ethyl adjacent to an activating group) is 1. The Morgan fingerprint density at radius 2 is 1.95 bits per heavy atom. The van der Waals surface area contributed by atoms with E-state index < -0.39 is 0 Å². The Kier molecular flexibility index (Phi) is 6.25. The highest BCUT2D eigenvalue weighted by atomic mass is 16.5. The Hall–Kier alpha value is -1.55. The van der Waals surface area contributed by atoms with Crippen molar-refractivity contribution < 1.29 is 9.53 Å². The molecule has 1 amide bonds. The normalized spacial score (nSPS) is 16.0. The molecule has 1 aliphatic rings. The fourth-order valence-corrected chi connectivity index (χ4v) is 2.99. The third-order valence-electron chi connectivity index (χ3n) is 4.11. The number of ether oxygens (including phenoxy) is 1. The lowest BCUT2D eigenvalue weighted by Gasteiger charge is -2.30. The predicted molar refractivity (Wildman–Crippen MR) is 90.3 cm³/mol. The van der Waals surface area contributed by atoms with E-state index in [0.717, 1.165) is 11.4 Å². The second-order valence-corrected chi connectivity index (χ2v) is 6.42. The molecule has 0 aromatic heterocycles. The molecule has 1 fully saturated rings. The highest BCUT2D eigenvalue weighted by molar-refractivity contribution is 5.93. The number of amides is 1. The largest absolute Gasteiger partial charge is 0.489 e. The molecule has 22 heavy (non-hydrogen) atoms. The van der Waals surface area contributed by atoms with Gasteiger partial charge in [-0.25, -0.2) is 0 Å². The van der Waals surface area contributed by atoms with Crippen LogP contribution >= 0.6 is 0 Å². The van der Waals surface area contributed by atoms with E-state index >= 15 is 0 Å². The third-order valence-corrected chi connectivity index (χ3v) is 4.11. The molecule has 1 aromatic rings. The summed E-state index contributed by atoms with van der Waals surface area (Å²) < 4.78 is 5.74. The molecule has 0 aliphatic heterocycles. The fourth-order valence-electron chi connectivity index (χ4n) is 2.99. The zero-order valence-electron chi connectivity index (χ0n) is 14.0. The summed E-state index contributed by atoms with van der Waals surface area (Å²) in [5, 5.41) is 2.98. The molecule has 4 heteroatoms. The molecule has 1 N–H and O–H groups in total. The molecule has 0 saturated heterocycles. The van der Waals surface area contributed by atoms with Crippen LogP contribution in [-0.4, -0.2) is 36.5 Å². The quantitative estimate of drug-likeness (QED) is 0.871. The molecule has 122 valence electrons. The number of hydrogen-bond acceptors (Lipinski definition) is 3. The number of nitrogens with one attached hydrogen (secondary N) is 1. The summed E-state index contributed by atoms with van der Waals surface area (Å²) in [6, 6.07) is 8.15. The number of para-hydroxylation sites is 2. The fraction of sp³-hybridized carbons (Fsp3) is 0.611. The first kappa shape index (κ1) is 16.8. The summed E-state index contributed by atoms with van der Waals surface area (Å²) >= 11 is 0. The lowest BCUT2D eigenvalue weighted by atomic mass is 9.94. The molecule has 0 heterocycles. The maximum atomic E-state index is 12.3. The predicted octanol–water partition coefficient (Wildman–Crippen LogP) is 3.68. The molecule has 4 nitrogen and oxygen atoms in total. The van der Waals surface area contributed by atoms with Crippen LogP contribution in [0, 0.1) is 0 Å². The second kappa shape index (κ2) is 8.18. The molecule has 2 rings (SSSR count). The minimum absolute atomic E-state index is 0.0212. The van der Waals surface area contributed by atoms with Gasteiger partial charge in [-0.15, -0.1) is 0 Å². The minimum atomic E-state index is 0.0212. The van der Waals surface area contributed by atoms with Gasteiger partial charge in [-0.2, -0.15) is 0 Å². The van der Waals surface area contributed by atoms with Gasteiger partial charge in [0, 0.05) is 6.04 Å². The summed E-state index contributed by atoms with van der Waals surface area (Å²) in [6.45, 7) is 4.39. The van der Waals surface area contributed by atoms with Gasteiger partial charge < -0.3 is 10.1 Å². The summed E-state index contributed by atoms with van der Waals surface area (Å²) in [5.74, 6) is 0.749. The van der Waals surface area contributed by atoms with Crippen molar-refractivity contribution in [2.75, 3.05) is 18.9 Å². The molecule has 0 radical (unpaired) electrons. The number of anilines is 1. The van der Waals surface area contributed by atoms with Crippen molar-refractivity contribution in [1.82, 2.24) is 4.90 Å². The van der Waals surface area contributed by atoms with Crippen LogP contribution in [0.15, 0.2) is 24.3 Å². The molecule has 1 saturated carbocycles. The van der Waals surface area contributed by atoms with Crippen molar-refractivity contribution in [2.45, 2.75) is 58.1 Å². The number of carbonyl (C=O) groups is 1. The summed E-state index contributed by atoms with van der Waals surface area (Å²) in [7, 11) is 2.05. The first-order valence-electron chi connectivity index (χ1n) is 8.32. The molecule has 0 atom stereocenters. The molecule has 0 bridgehead atoms. The SMILES string of the molecule is CC(C)Oc1ccccc1NC(=O)CN(C)C1CCCCC1. The standard InChI is InChI=1S/C18H28N2O2/c1-14(2)22-17-12-8-7-11-16(17)19-18(21)13-20(3)15-9-5-4-6-10-15/h7-8,11-12,14-15H,4-6,9-10,13H2,1-3H3,(H,19,21). The van der Waals surface area contributed by atoms with Crippen LogP contribution in [-0.2, 0) is 4.79 Å². The summed E-state index contributed by atoms with van der Waals surface area (Å²) in [6.07, 6.45) is 6.39. The first-order valence-corrected chi connectivity index (χ1v) is 8.32. The third kappa shape index (κ3) is 5.02. The molecule has 0 spiro atoms. The molecule has 1 aliphatic carbocycles.